The molecule has 0 radical (unpaired) electrons. The van der Waals surface area contributed by atoms with Gasteiger partial charge in [0.2, 0.25) is 11.8 Å². The molecule has 31 heavy (non-hydrogen) atoms. The molecule has 3 N–H and O–H groups in total. The molecule has 2 unspecified atom stereocenters. The van der Waals surface area contributed by atoms with Crippen LogP contribution in [0.1, 0.15) is 47.0 Å². The Hall–Kier alpha value is -0.730. The lowest BCUT2D eigenvalue weighted by Gasteiger charge is -2.39. The summed E-state index contributed by atoms with van der Waals surface area (Å²) in [6, 6.07) is 0. The van der Waals surface area contributed by atoms with Crippen LogP contribution in [0.25, 0.3) is 0 Å². The quantitative estimate of drug-likeness (QED) is 0.129. The van der Waals surface area contributed by atoms with E-state index in [0.29, 0.717) is 39.4 Å². The normalized spacial score (nSPS) is 15.2. The zero-order valence-corrected chi connectivity index (χ0v) is 21.2. The number of carbonyl (C=O) groups excluding carboxylic acids is 2. The maximum absolute atomic E-state index is 12.2. The molecule has 10 nitrogen and oxygen atoms in total. The molecule has 184 valence electrons. The number of nitrogens with one attached hydrogen (secondary N) is 2. The molecule has 0 aromatic carbocycles. The predicted molar refractivity (Wildman–Crippen MR) is 123 cm³/mol. The lowest BCUT2D eigenvalue weighted by molar-refractivity contribution is -0.121. The molecule has 2 atom stereocenters. The van der Waals surface area contributed by atoms with Crippen LogP contribution in [0.5, 0.6) is 0 Å². The summed E-state index contributed by atoms with van der Waals surface area (Å²) < 4.78 is 55.2. The average molecular weight is 505 g/mol. The highest BCUT2D eigenvalue weighted by Gasteiger charge is 2.42. The Morgan fingerprint density at radius 2 is 1.71 bits per heavy atom. The van der Waals surface area contributed by atoms with Crippen LogP contribution in [0.2, 0.25) is 0 Å². The molecule has 2 amide bonds. The first-order valence-electron chi connectivity index (χ1n) is 9.98. The second-order valence-electron chi connectivity index (χ2n) is 7.90. The molecule has 0 heterocycles. The number of hydrogen-bond acceptors (Lipinski definition) is 8. The fourth-order valence-electron chi connectivity index (χ4n) is 2.46. The molecule has 0 spiro atoms. The van der Waals surface area contributed by atoms with Crippen molar-refractivity contribution in [3.8, 4) is 0 Å². The van der Waals surface area contributed by atoms with Crippen LogP contribution < -0.4 is 10.0 Å². The van der Waals surface area contributed by atoms with Gasteiger partial charge in [-0.2, -0.15) is 21.0 Å². The minimum absolute atomic E-state index is 0.0989. The van der Waals surface area contributed by atoms with E-state index in [9.17, 15) is 22.2 Å². The van der Waals surface area contributed by atoms with E-state index in [2.05, 4.69) is 22.7 Å². The summed E-state index contributed by atoms with van der Waals surface area (Å²) in [5, 5.41) is 2.68. The molecule has 0 saturated heterocycles. The molecule has 0 bridgehead atoms. The van der Waals surface area contributed by atoms with Gasteiger partial charge in [-0.1, -0.05) is 13.8 Å². The smallest absolute Gasteiger partial charge is 0.265 e. The van der Waals surface area contributed by atoms with Gasteiger partial charge in [-0.05, 0) is 25.7 Å². The predicted octanol–water partition coefficient (Wildman–Crippen LogP) is 0.708. The molecule has 0 rings (SSSR count). The second kappa shape index (κ2) is 14.4. The van der Waals surface area contributed by atoms with Gasteiger partial charge in [-0.15, -0.1) is 0 Å². The van der Waals surface area contributed by atoms with Crippen molar-refractivity contribution < 1.29 is 36.2 Å². The van der Waals surface area contributed by atoms with Crippen LogP contribution in [0, 0.1) is 5.41 Å². The van der Waals surface area contributed by atoms with Crippen molar-refractivity contribution in [2.75, 3.05) is 44.5 Å². The minimum atomic E-state index is -4.25. The highest BCUT2D eigenvalue weighted by molar-refractivity contribution is 7.86. The fraction of sp³-hybridized carbons (Fsp3) is 0.889. The molecular formula is C18H36N2O8S3. The first-order chi connectivity index (χ1) is 14.2. The van der Waals surface area contributed by atoms with Gasteiger partial charge in [0.05, 0.1) is 25.6 Å². The number of rotatable bonds is 17. The van der Waals surface area contributed by atoms with E-state index in [1.54, 1.807) is 20.8 Å². The Morgan fingerprint density at radius 3 is 2.29 bits per heavy atom. The lowest BCUT2D eigenvalue weighted by Crippen LogP contribution is -2.45. The van der Waals surface area contributed by atoms with E-state index in [1.807, 2.05) is 6.92 Å². The fourth-order valence-corrected chi connectivity index (χ4v) is 4.85. The van der Waals surface area contributed by atoms with E-state index in [1.165, 1.54) is 0 Å². The van der Waals surface area contributed by atoms with Gasteiger partial charge in [-0.3, -0.25) is 18.9 Å². The molecule has 0 aliphatic heterocycles. The molecule has 0 fully saturated rings. The van der Waals surface area contributed by atoms with E-state index in [-0.39, 0.29) is 24.5 Å². The molecular weight excluding hydrogens is 468 g/mol. The summed E-state index contributed by atoms with van der Waals surface area (Å²) in [7, 11) is -5.93. The molecule has 0 aromatic rings. The van der Waals surface area contributed by atoms with Gasteiger partial charge in [0.25, 0.3) is 10.1 Å². The molecule has 0 aliphatic rings. The third kappa shape index (κ3) is 14.9. The lowest BCUT2D eigenvalue weighted by atomic mass is 9.78. The van der Waals surface area contributed by atoms with Crippen molar-refractivity contribution in [2.24, 2.45) is 5.41 Å². The highest BCUT2D eigenvalue weighted by atomic mass is 32.2. The summed E-state index contributed by atoms with van der Waals surface area (Å²) in [4.78, 5) is 23.9. The summed E-state index contributed by atoms with van der Waals surface area (Å²) in [5.41, 5.74) is -1.02. The van der Waals surface area contributed by atoms with Crippen molar-refractivity contribution in [2.45, 2.75) is 51.7 Å². The zero-order chi connectivity index (χ0) is 24.1. The van der Waals surface area contributed by atoms with Crippen molar-refractivity contribution in [1.82, 2.24) is 10.0 Å². The average Bonchev–Trinajstić information content (AvgIpc) is 2.58. The van der Waals surface area contributed by atoms with Crippen LogP contribution in [-0.2, 0) is 40.2 Å². The van der Waals surface area contributed by atoms with Crippen molar-refractivity contribution in [3.63, 3.8) is 0 Å². The van der Waals surface area contributed by atoms with Gasteiger partial charge in [0.15, 0.2) is 0 Å². The SMILES string of the molecule is CCOCCOCCNC(=O)CCCS(=O)NC(=O)CC(C)(S)C(C)(C)CS(=O)(=O)O. The van der Waals surface area contributed by atoms with Gasteiger partial charge in [0, 0.05) is 36.5 Å². The van der Waals surface area contributed by atoms with Crippen molar-refractivity contribution >= 4 is 45.5 Å². The van der Waals surface area contributed by atoms with Crippen LogP contribution in [0.3, 0.4) is 0 Å². The molecule has 0 aromatic heterocycles. The van der Waals surface area contributed by atoms with Gasteiger partial charge in [0.1, 0.15) is 11.0 Å². The van der Waals surface area contributed by atoms with E-state index in [0.717, 1.165) is 0 Å². The Kier molecular flexibility index (Phi) is 14.1. The Morgan fingerprint density at radius 1 is 1.10 bits per heavy atom. The minimum Gasteiger partial charge on any atom is -0.379 e. The summed E-state index contributed by atoms with van der Waals surface area (Å²) >= 11 is 4.40. The number of ether oxygens (including phenoxy) is 2. The van der Waals surface area contributed by atoms with E-state index in [4.69, 9.17) is 14.0 Å². The topological polar surface area (TPSA) is 148 Å². The number of carbonyl (C=O) groups is 2. The molecule has 13 heteroatoms. The van der Waals surface area contributed by atoms with Gasteiger partial charge < -0.3 is 14.8 Å². The van der Waals surface area contributed by atoms with Gasteiger partial charge in [-0.25, -0.2) is 4.21 Å². The third-order valence-electron chi connectivity index (χ3n) is 4.61. The number of thiol groups is 1. The van der Waals surface area contributed by atoms with Gasteiger partial charge >= 0.3 is 0 Å². The highest BCUT2D eigenvalue weighted by Crippen LogP contribution is 2.40. The van der Waals surface area contributed by atoms with Crippen molar-refractivity contribution in [3.05, 3.63) is 0 Å². The Balaban J connectivity index is 4.16. The standard InChI is InChI=1S/C18H36N2O8S3/c1-5-27-10-11-28-9-8-19-15(21)7-6-12-30(23)20-16(22)13-18(4,29)17(2,3)14-31(24,25)26/h29H,5-14H2,1-4H3,(H,19,21)(H,20,22)(H,24,25,26). The number of amides is 2. The summed E-state index contributed by atoms with van der Waals surface area (Å²) in [5.74, 6) is -1.23. The zero-order valence-electron chi connectivity index (χ0n) is 18.6. The monoisotopic (exact) mass is 504 g/mol. The van der Waals surface area contributed by atoms with E-state index < -0.39 is 42.9 Å². The summed E-state index contributed by atoms with van der Waals surface area (Å²) in [6.07, 6.45) is 0.275. The maximum atomic E-state index is 12.2. The number of hydrogen-bond donors (Lipinski definition) is 4. The van der Waals surface area contributed by atoms with Crippen LogP contribution in [0.4, 0.5) is 0 Å². The van der Waals surface area contributed by atoms with Crippen LogP contribution >= 0.6 is 12.6 Å². The molecule has 0 aliphatic carbocycles. The molecule has 0 saturated carbocycles. The van der Waals surface area contributed by atoms with Crippen LogP contribution in [-0.4, -0.2) is 78.2 Å². The third-order valence-corrected chi connectivity index (χ3v) is 7.58. The second-order valence-corrected chi connectivity index (χ2v) is 11.6. The van der Waals surface area contributed by atoms with Crippen LogP contribution in [0.15, 0.2) is 0 Å². The first kappa shape index (κ1) is 30.3. The van der Waals surface area contributed by atoms with E-state index >= 15 is 0 Å². The maximum Gasteiger partial charge on any atom is 0.265 e. The Labute approximate surface area is 193 Å². The first-order valence-corrected chi connectivity index (χ1v) is 13.4. The largest absolute Gasteiger partial charge is 0.379 e. The van der Waals surface area contributed by atoms with Crippen molar-refractivity contribution in [1.29, 1.82) is 0 Å². The Bertz CT molecular complexity index is 696. The summed E-state index contributed by atoms with van der Waals surface area (Å²) in [6.45, 7) is 8.94.